The first kappa shape index (κ1) is 9.67. The Hall–Kier alpha value is -1.42. The Bertz CT molecular complexity index is 268. The smallest absolute Gasteiger partial charge is 0.369 e. The Morgan fingerprint density at radius 1 is 1.31 bits per heavy atom. The van der Waals surface area contributed by atoms with Crippen LogP contribution in [0, 0.1) is 0 Å². The van der Waals surface area contributed by atoms with E-state index in [1.165, 1.54) is 0 Å². The summed E-state index contributed by atoms with van der Waals surface area (Å²) in [5.41, 5.74) is 15.6. The molecule has 0 saturated heterocycles. The summed E-state index contributed by atoms with van der Waals surface area (Å²) in [6.45, 7) is 0. The predicted molar refractivity (Wildman–Crippen MR) is 42.4 cm³/mol. The zero-order valence-corrected chi connectivity index (χ0v) is 6.49. The Balaban J connectivity index is 2.97. The second-order valence-electron chi connectivity index (χ2n) is 2.34. The molecule has 1 unspecified atom stereocenters. The molecule has 1 aliphatic rings. The molecular formula is C4H10N6O3. The Morgan fingerprint density at radius 3 is 2.23 bits per heavy atom. The minimum Gasteiger partial charge on any atom is -0.369 e. The maximum atomic E-state index is 8.76. The molecule has 0 radical (unpaired) electrons. The lowest BCUT2D eigenvalue weighted by Gasteiger charge is -2.34. The van der Waals surface area contributed by atoms with Crippen molar-refractivity contribution in [3.63, 3.8) is 0 Å². The third-order valence-corrected chi connectivity index (χ3v) is 1.33. The van der Waals surface area contributed by atoms with E-state index in [4.69, 9.17) is 32.5 Å². The van der Waals surface area contributed by atoms with Crippen molar-refractivity contribution in [2.75, 3.05) is 0 Å². The van der Waals surface area contributed by atoms with Crippen molar-refractivity contribution in [1.82, 2.24) is 4.90 Å². The molecule has 74 valence electrons. The standard InChI is InChI=1S/C4H10N6O3/c5-1-8-2(6)10(3(7)9-1)4(11,12)13/h2,11-13H,6H2,(H4,5,7,8,9). The van der Waals surface area contributed by atoms with Gasteiger partial charge in [0.2, 0.25) is 11.9 Å². The molecule has 1 atom stereocenters. The van der Waals surface area contributed by atoms with E-state index in [1.54, 1.807) is 0 Å². The Kier molecular flexibility index (Phi) is 2.09. The van der Waals surface area contributed by atoms with E-state index in [0.717, 1.165) is 0 Å². The lowest BCUT2D eigenvalue weighted by molar-refractivity contribution is -0.381. The molecule has 0 fully saturated rings. The molecule has 1 rings (SSSR count). The summed E-state index contributed by atoms with van der Waals surface area (Å²) in [6.07, 6.45) is -4.51. The average Bonchev–Trinajstić information content (AvgIpc) is 1.78. The number of aliphatic hydroxyl groups is 3. The summed E-state index contributed by atoms with van der Waals surface area (Å²) < 4.78 is 0. The average molecular weight is 190 g/mol. The van der Waals surface area contributed by atoms with Crippen molar-refractivity contribution < 1.29 is 15.3 Å². The van der Waals surface area contributed by atoms with Crippen LogP contribution in [0.3, 0.4) is 0 Å². The lowest BCUT2D eigenvalue weighted by atomic mass is 10.5. The first-order valence-corrected chi connectivity index (χ1v) is 3.22. The van der Waals surface area contributed by atoms with E-state index in [0.29, 0.717) is 4.90 Å². The molecule has 9 N–H and O–H groups in total. The monoisotopic (exact) mass is 190 g/mol. The molecule has 13 heavy (non-hydrogen) atoms. The number of nitrogens with zero attached hydrogens (tertiary/aromatic N) is 3. The van der Waals surface area contributed by atoms with E-state index < -0.39 is 18.3 Å². The van der Waals surface area contributed by atoms with Crippen LogP contribution in [0.15, 0.2) is 9.98 Å². The molecule has 0 saturated carbocycles. The van der Waals surface area contributed by atoms with Crippen molar-refractivity contribution >= 4 is 11.9 Å². The SMILES string of the molecule is NC1=NC(N)N(C(O)(O)O)C(N)=N1. The fraction of sp³-hybridized carbons (Fsp3) is 0.500. The molecule has 9 heteroatoms. The van der Waals surface area contributed by atoms with Gasteiger partial charge in [0.1, 0.15) is 0 Å². The third kappa shape index (κ3) is 1.84. The van der Waals surface area contributed by atoms with Gasteiger partial charge < -0.3 is 26.8 Å². The van der Waals surface area contributed by atoms with Crippen molar-refractivity contribution in [2.24, 2.45) is 27.2 Å². The van der Waals surface area contributed by atoms with Crippen LogP contribution in [0.2, 0.25) is 0 Å². The Morgan fingerprint density at radius 2 is 1.85 bits per heavy atom. The zero-order chi connectivity index (χ0) is 10.2. The van der Waals surface area contributed by atoms with E-state index in [2.05, 4.69) is 9.98 Å². The maximum Gasteiger partial charge on any atom is 0.374 e. The summed E-state index contributed by atoms with van der Waals surface area (Å²) in [5.74, 6) is -0.641. The van der Waals surface area contributed by atoms with Crippen LogP contribution in [0.1, 0.15) is 0 Å². The van der Waals surface area contributed by atoms with Gasteiger partial charge in [-0.2, -0.15) is 4.99 Å². The van der Waals surface area contributed by atoms with Crippen molar-refractivity contribution in [3.05, 3.63) is 0 Å². The number of guanidine groups is 2. The maximum absolute atomic E-state index is 8.76. The first-order chi connectivity index (χ1) is 5.82. The fourth-order valence-electron chi connectivity index (χ4n) is 0.860. The highest BCUT2D eigenvalue weighted by molar-refractivity contribution is 5.95. The second-order valence-corrected chi connectivity index (χ2v) is 2.34. The van der Waals surface area contributed by atoms with Gasteiger partial charge in [0.25, 0.3) is 0 Å². The molecule has 0 bridgehead atoms. The van der Waals surface area contributed by atoms with Crippen LogP contribution in [0.5, 0.6) is 0 Å². The van der Waals surface area contributed by atoms with Crippen LogP contribution in [0.25, 0.3) is 0 Å². The van der Waals surface area contributed by atoms with E-state index in [1.807, 2.05) is 0 Å². The van der Waals surface area contributed by atoms with Gasteiger partial charge in [0.05, 0.1) is 0 Å². The zero-order valence-electron chi connectivity index (χ0n) is 6.49. The molecular weight excluding hydrogens is 180 g/mol. The van der Waals surface area contributed by atoms with Crippen LogP contribution >= 0.6 is 0 Å². The van der Waals surface area contributed by atoms with Crippen LogP contribution in [-0.2, 0) is 0 Å². The van der Waals surface area contributed by atoms with Crippen LogP contribution in [0.4, 0.5) is 0 Å². The third-order valence-electron chi connectivity index (χ3n) is 1.33. The van der Waals surface area contributed by atoms with Crippen LogP contribution in [-0.4, -0.2) is 44.5 Å². The molecule has 0 aromatic rings. The number of hydrogen-bond donors (Lipinski definition) is 6. The largest absolute Gasteiger partial charge is 0.374 e. The quantitative estimate of drug-likeness (QED) is 0.228. The van der Waals surface area contributed by atoms with E-state index in [9.17, 15) is 0 Å². The van der Waals surface area contributed by atoms with Gasteiger partial charge >= 0.3 is 6.10 Å². The van der Waals surface area contributed by atoms with Crippen molar-refractivity contribution in [1.29, 1.82) is 0 Å². The number of rotatable bonds is 1. The number of aliphatic imine (C=N–C) groups is 2. The topological polar surface area (TPSA) is 167 Å². The molecule has 0 aromatic heterocycles. The normalized spacial score (nSPS) is 24.0. The van der Waals surface area contributed by atoms with E-state index >= 15 is 0 Å². The van der Waals surface area contributed by atoms with Crippen molar-refractivity contribution in [3.8, 4) is 0 Å². The van der Waals surface area contributed by atoms with Gasteiger partial charge in [-0.15, -0.1) is 0 Å². The molecule has 9 nitrogen and oxygen atoms in total. The fourth-order valence-corrected chi connectivity index (χ4v) is 0.860. The van der Waals surface area contributed by atoms with E-state index in [-0.39, 0.29) is 5.96 Å². The summed E-state index contributed by atoms with van der Waals surface area (Å²) in [7, 11) is 0. The summed E-state index contributed by atoms with van der Waals surface area (Å²) in [6, 6.07) is 0. The van der Waals surface area contributed by atoms with Gasteiger partial charge in [-0.1, -0.05) is 0 Å². The highest BCUT2D eigenvalue weighted by Gasteiger charge is 2.37. The Labute approximate surface area is 72.8 Å². The van der Waals surface area contributed by atoms with Gasteiger partial charge in [-0.3, -0.25) is 5.73 Å². The minimum absolute atomic E-state index is 0.203. The minimum atomic E-state index is -3.21. The van der Waals surface area contributed by atoms with Gasteiger partial charge in [-0.25, -0.2) is 9.89 Å². The number of hydrogen-bond acceptors (Lipinski definition) is 9. The lowest BCUT2D eigenvalue weighted by Crippen LogP contribution is -2.63. The molecule has 1 heterocycles. The molecule has 0 amide bonds. The van der Waals surface area contributed by atoms with Crippen LogP contribution < -0.4 is 17.2 Å². The predicted octanol–water partition coefficient (Wildman–Crippen LogP) is -4.24. The summed E-state index contributed by atoms with van der Waals surface area (Å²) in [4.78, 5) is 7.18. The van der Waals surface area contributed by atoms with Gasteiger partial charge in [0, 0.05) is 0 Å². The highest BCUT2D eigenvalue weighted by Crippen LogP contribution is 2.10. The summed E-state index contributed by atoms with van der Waals surface area (Å²) in [5, 5.41) is 26.3. The molecule has 0 spiro atoms. The highest BCUT2D eigenvalue weighted by atomic mass is 16.7. The second kappa shape index (κ2) is 2.81. The number of nitrogens with two attached hydrogens (primary N) is 3. The molecule has 0 aromatic carbocycles. The van der Waals surface area contributed by atoms with Gasteiger partial charge in [-0.05, 0) is 0 Å². The van der Waals surface area contributed by atoms with Crippen molar-refractivity contribution in [2.45, 2.75) is 12.4 Å². The molecule has 0 aliphatic carbocycles. The molecule has 1 aliphatic heterocycles. The summed E-state index contributed by atoms with van der Waals surface area (Å²) >= 11 is 0. The first-order valence-electron chi connectivity index (χ1n) is 3.22. The van der Waals surface area contributed by atoms with Gasteiger partial charge in [0.15, 0.2) is 6.29 Å².